The minimum atomic E-state index is -0.253. The van der Waals surface area contributed by atoms with E-state index in [0.29, 0.717) is 22.2 Å². The number of hydrogen-bond acceptors (Lipinski definition) is 3. The lowest BCUT2D eigenvalue weighted by Gasteiger charge is -2.11. The number of anilines is 1. The predicted molar refractivity (Wildman–Crippen MR) is 116 cm³/mol. The quantitative estimate of drug-likeness (QED) is 0.344. The highest BCUT2D eigenvalue weighted by Crippen LogP contribution is 2.29. The molecule has 1 N–H and O–H groups in total. The molecule has 3 aromatic carbocycles. The van der Waals surface area contributed by atoms with Crippen molar-refractivity contribution in [2.75, 3.05) is 5.32 Å². The van der Waals surface area contributed by atoms with Gasteiger partial charge in [0.05, 0.1) is 10.6 Å². The largest absolute Gasteiger partial charge is 0.436 e. The molecule has 0 saturated heterocycles. The van der Waals surface area contributed by atoms with Crippen LogP contribution in [-0.2, 0) is 0 Å². The van der Waals surface area contributed by atoms with Crippen molar-refractivity contribution < 1.29 is 9.21 Å². The minimum Gasteiger partial charge on any atom is -0.436 e. The van der Waals surface area contributed by atoms with Crippen LogP contribution in [0.25, 0.3) is 22.6 Å². The normalized spacial score (nSPS) is 10.9. The van der Waals surface area contributed by atoms with E-state index < -0.39 is 0 Å². The molecular weight excluding hydrogens is 475 g/mol. The molecule has 27 heavy (non-hydrogen) atoms. The smallest absolute Gasteiger partial charge is 0.257 e. The lowest BCUT2D eigenvalue weighted by molar-refractivity contribution is 0.102. The standard InChI is InChI=1S/C21H14ClIN2O2/c1-12-6-7-13(21-25-17-4-2-3-5-19(17)27-21)10-18(12)24-20(26)15-11-14(23)8-9-16(15)22/h2-11H,1H3,(H,24,26). The van der Waals surface area contributed by atoms with E-state index in [-0.39, 0.29) is 5.91 Å². The van der Waals surface area contributed by atoms with E-state index in [0.717, 1.165) is 25.8 Å². The van der Waals surface area contributed by atoms with Crippen molar-refractivity contribution >= 4 is 56.9 Å². The van der Waals surface area contributed by atoms with Crippen molar-refractivity contribution in [3.63, 3.8) is 0 Å². The molecule has 4 nitrogen and oxygen atoms in total. The monoisotopic (exact) mass is 488 g/mol. The number of benzene rings is 3. The zero-order chi connectivity index (χ0) is 19.0. The van der Waals surface area contributed by atoms with Gasteiger partial charge in [-0.25, -0.2) is 4.98 Å². The number of oxazole rings is 1. The van der Waals surface area contributed by atoms with E-state index >= 15 is 0 Å². The number of halogens is 2. The molecule has 0 radical (unpaired) electrons. The van der Waals surface area contributed by atoms with Crippen LogP contribution in [-0.4, -0.2) is 10.9 Å². The van der Waals surface area contributed by atoms with Crippen LogP contribution < -0.4 is 5.32 Å². The number of carbonyl (C=O) groups excluding carboxylic acids is 1. The van der Waals surface area contributed by atoms with Gasteiger partial charge in [0.25, 0.3) is 5.91 Å². The van der Waals surface area contributed by atoms with E-state index in [1.54, 1.807) is 12.1 Å². The Balaban J connectivity index is 1.68. The molecule has 0 fully saturated rings. The number of nitrogens with zero attached hydrogens (tertiary/aromatic N) is 1. The van der Waals surface area contributed by atoms with Crippen LogP contribution in [0.1, 0.15) is 15.9 Å². The fraction of sp³-hybridized carbons (Fsp3) is 0.0476. The molecule has 0 spiro atoms. The number of aromatic nitrogens is 1. The molecule has 0 aliphatic heterocycles. The highest BCUT2D eigenvalue weighted by Gasteiger charge is 2.14. The summed E-state index contributed by atoms with van der Waals surface area (Å²) >= 11 is 8.33. The van der Waals surface area contributed by atoms with Crippen molar-refractivity contribution in [1.29, 1.82) is 0 Å². The third-order valence-corrected chi connectivity index (χ3v) is 5.20. The van der Waals surface area contributed by atoms with Crippen molar-refractivity contribution in [2.24, 2.45) is 0 Å². The summed E-state index contributed by atoms with van der Waals surface area (Å²) in [6.45, 7) is 1.93. The van der Waals surface area contributed by atoms with Gasteiger partial charge in [0.15, 0.2) is 5.58 Å². The molecule has 0 bridgehead atoms. The molecule has 0 saturated carbocycles. The first-order valence-electron chi connectivity index (χ1n) is 8.24. The Hall–Kier alpha value is -2.38. The summed E-state index contributed by atoms with van der Waals surface area (Å²) in [6, 6.07) is 18.7. The van der Waals surface area contributed by atoms with Crippen LogP contribution in [0, 0.1) is 10.5 Å². The number of aryl methyl sites for hydroxylation is 1. The summed E-state index contributed by atoms with van der Waals surface area (Å²) in [7, 11) is 0. The van der Waals surface area contributed by atoms with E-state index in [4.69, 9.17) is 16.0 Å². The van der Waals surface area contributed by atoms with Gasteiger partial charge >= 0.3 is 0 Å². The molecule has 1 heterocycles. The predicted octanol–water partition coefficient (Wildman–Crippen LogP) is 6.31. The maximum atomic E-state index is 12.7. The maximum Gasteiger partial charge on any atom is 0.257 e. The van der Waals surface area contributed by atoms with Gasteiger partial charge in [0.1, 0.15) is 5.52 Å². The summed E-state index contributed by atoms with van der Waals surface area (Å²) in [6.07, 6.45) is 0. The Kier molecular flexibility index (Phi) is 4.88. The first-order valence-corrected chi connectivity index (χ1v) is 9.70. The van der Waals surface area contributed by atoms with E-state index in [1.807, 2.05) is 55.5 Å². The number of hydrogen-bond donors (Lipinski definition) is 1. The van der Waals surface area contributed by atoms with Crippen LogP contribution in [0.2, 0.25) is 5.02 Å². The molecule has 134 valence electrons. The Morgan fingerprint density at radius 3 is 2.74 bits per heavy atom. The van der Waals surface area contributed by atoms with E-state index in [2.05, 4.69) is 32.9 Å². The Morgan fingerprint density at radius 1 is 1.11 bits per heavy atom. The lowest BCUT2D eigenvalue weighted by atomic mass is 10.1. The van der Waals surface area contributed by atoms with Crippen LogP contribution in [0.5, 0.6) is 0 Å². The summed E-state index contributed by atoms with van der Waals surface area (Å²) in [5.74, 6) is 0.260. The lowest BCUT2D eigenvalue weighted by Crippen LogP contribution is -2.13. The molecule has 0 aliphatic carbocycles. The van der Waals surface area contributed by atoms with Gasteiger partial charge < -0.3 is 9.73 Å². The molecule has 0 unspecified atom stereocenters. The van der Waals surface area contributed by atoms with Crippen molar-refractivity contribution in [1.82, 2.24) is 4.98 Å². The van der Waals surface area contributed by atoms with E-state index in [1.165, 1.54) is 0 Å². The number of para-hydroxylation sites is 2. The van der Waals surface area contributed by atoms with Crippen LogP contribution in [0.4, 0.5) is 5.69 Å². The molecule has 1 aromatic heterocycles. The second-order valence-electron chi connectivity index (χ2n) is 6.09. The number of rotatable bonds is 3. The Morgan fingerprint density at radius 2 is 1.93 bits per heavy atom. The van der Waals surface area contributed by atoms with Gasteiger partial charge in [-0.3, -0.25) is 4.79 Å². The highest BCUT2D eigenvalue weighted by atomic mass is 127. The molecule has 4 rings (SSSR count). The van der Waals surface area contributed by atoms with Gasteiger partial charge in [-0.05, 0) is 77.5 Å². The summed E-state index contributed by atoms with van der Waals surface area (Å²) in [5, 5.41) is 3.36. The second-order valence-corrected chi connectivity index (χ2v) is 7.75. The SMILES string of the molecule is Cc1ccc(-c2nc3ccccc3o2)cc1NC(=O)c1cc(I)ccc1Cl. The molecule has 0 aliphatic rings. The van der Waals surface area contributed by atoms with Crippen LogP contribution in [0.15, 0.2) is 65.1 Å². The van der Waals surface area contributed by atoms with Gasteiger partial charge in [-0.1, -0.05) is 29.8 Å². The first kappa shape index (κ1) is 18.0. The van der Waals surface area contributed by atoms with Gasteiger partial charge in [0, 0.05) is 14.8 Å². The molecular formula is C21H14ClIN2O2. The second kappa shape index (κ2) is 7.32. The van der Waals surface area contributed by atoms with Crippen molar-refractivity contribution in [3.05, 3.63) is 80.4 Å². The van der Waals surface area contributed by atoms with Crippen LogP contribution >= 0.6 is 34.2 Å². The third-order valence-electron chi connectivity index (χ3n) is 4.20. The topological polar surface area (TPSA) is 55.1 Å². The maximum absolute atomic E-state index is 12.7. The number of carbonyl (C=O) groups is 1. The molecule has 1 amide bonds. The molecule has 6 heteroatoms. The number of nitrogens with one attached hydrogen (secondary N) is 1. The van der Waals surface area contributed by atoms with Gasteiger partial charge in [0.2, 0.25) is 5.89 Å². The Bertz CT molecular complexity index is 1140. The van der Waals surface area contributed by atoms with Crippen molar-refractivity contribution in [3.8, 4) is 11.5 Å². The summed E-state index contributed by atoms with van der Waals surface area (Å²) in [4.78, 5) is 17.2. The number of amides is 1. The van der Waals surface area contributed by atoms with Crippen LogP contribution in [0.3, 0.4) is 0 Å². The average molecular weight is 489 g/mol. The number of fused-ring (bicyclic) bond motifs is 1. The fourth-order valence-corrected chi connectivity index (χ4v) is 3.44. The van der Waals surface area contributed by atoms with Gasteiger partial charge in [-0.2, -0.15) is 0 Å². The first-order chi connectivity index (χ1) is 13.0. The zero-order valence-corrected chi connectivity index (χ0v) is 17.2. The fourth-order valence-electron chi connectivity index (χ4n) is 2.75. The average Bonchev–Trinajstić information content (AvgIpc) is 3.09. The highest BCUT2D eigenvalue weighted by molar-refractivity contribution is 14.1. The van der Waals surface area contributed by atoms with Gasteiger partial charge in [-0.15, -0.1) is 0 Å². The molecule has 0 atom stereocenters. The Labute approximate surface area is 174 Å². The zero-order valence-electron chi connectivity index (χ0n) is 14.3. The summed E-state index contributed by atoms with van der Waals surface area (Å²) in [5.41, 5.74) is 4.38. The molecule has 4 aromatic rings. The van der Waals surface area contributed by atoms with E-state index in [9.17, 15) is 4.79 Å². The minimum absolute atomic E-state index is 0.253. The summed E-state index contributed by atoms with van der Waals surface area (Å²) < 4.78 is 6.77. The van der Waals surface area contributed by atoms with Crippen molar-refractivity contribution in [2.45, 2.75) is 6.92 Å². The third kappa shape index (κ3) is 3.70.